The zero-order valence-corrected chi connectivity index (χ0v) is 11.9. The number of morpholine rings is 1. The van der Waals surface area contributed by atoms with Crippen LogP contribution in [0.25, 0.3) is 0 Å². The number of ether oxygens (including phenoxy) is 1. The maximum absolute atomic E-state index is 12.7. The van der Waals surface area contributed by atoms with Gasteiger partial charge in [0, 0.05) is 18.8 Å². The summed E-state index contributed by atoms with van der Waals surface area (Å²) >= 11 is 0. The second-order valence-electron chi connectivity index (χ2n) is 4.56. The highest BCUT2D eigenvalue weighted by molar-refractivity contribution is 7.89. The van der Waals surface area contributed by atoms with Crippen molar-refractivity contribution in [2.45, 2.75) is 24.0 Å². The summed E-state index contributed by atoms with van der Waals surface area (Å²) in [6, 6.07) is 2.64. The first-order valence-electron chi connectivity index (χ1n) is 6.16. The first-order valence-corrected chi connectivity index (χ1v) is 7.60. The number of hydrogen-bond acceptors (Lipinski definition) is 7. The van der Waals surface area contributed by atoms with Crippen LogP contribution in [0.5, 0.6) is 0 Å². The highest BCUT2D eigenvalue weighted by atomic mass is 32.2. The Hall–Kier alpha value is -1.26. The molecule has 2 unspecified atom stereocenters. The highest BCUT2D eigenvalue weighted by Gasteiger charge is 2.36. The zero-order valence-electron chi connectivity index (χ0n) is 11.1. The molecule has 112 valence electrons. The Labute approximate surface area is 117 Å². The Bertz CT molecular complexity index is 565. The fourth-order valence-corrected chi connectivity index (χ4v) is 3.83. The summed E-state index contributed by atoms with van der Waals surface area (Å²) in [7, 11) is -3.76. The second-order valence-corrected chi connectivity index (χ2v) is 6.42. The summed E-state index contributed by atoms with van der Waals surface area (Å²) in [5, 5.41) is 9.14. The third-order valence-electron chi connectivity index (χ3n) is 3.15. The van der Waals surface area contributed by atoms with Crippen LogP contribution in [0, 0.1) is 0 Å². The van der Waals surface area contributed by atoms with Gasteiger partial charge in [-0.3, -0.25) is 0 Å². The van der Waals surface area contributed by atoms with Crippen molar-refractivity contribution in [2.75, 3.05) is 25.2 Å². The molecule has 1 saturated heterocycles. The first-order chi connectivity index (χ1) is 9.50. The average molecular weight is 302 g/mol. The van der Waals surface area contributed by atoms with Gasteiger partial charge in [-0.15, -0.1) is 0 Å². The number of aromatic nitrogens is 1. The van der Waals surface area contributed by atoms with E-state index in [1.165, 1.54) is 22.6 Å². The van der Waals surface area contributed by atoms with E-state index in [0.717, 1.165) is 0 Å². The van der Waals surface area contributed by atoms with Gasteiger partial charge in [-0.2, -0.15) is 4.31 Å². The summed E-state index contributed by atoms with van der Waals surface area (Å²) in [5.74, 6) is 5.39. The van der Waals surface area contributed by atoms with Crippen molar-refractivity contribution in [3.63, 3.8) is 0 Å². The topological polar surface area (TPSA) is 118 Å². The van der Waals surface area contributed by atoms with Crippen LogP contribution >= 0.6 is 0 Å². The van der Waals surface area contributed by atoms with Gasteiger partial charge in [-0.1, -0.05) is 0 Å². The van der Waals surface area contributed by atoms with Crippen LogP contribution in [-0.2, 0) is 14.8 Å². The zero-order chi connectivity index (χ0) is 14.8. The van der Waals surface area contributed by atoms with E-state index in [2.05, 4.69) is 10.4 Å². The molecule has 8 nitrogen and oxygen atoms in total. The van der Waals surface area contributed by atoms with Crippen molar-refractivity contribution in [3.05, 3.63) is 18.3 Å². The molecule has 0 amide bonds. The molecule has 1 fully saturated rings. The lowest BCUT2D eigenvalue weighted by molar-refractivity contribution is -0.0516. The quantitative estimate of drug-likeness (QED) is 0.489. The molecule has 20 heavy (non-hydrogen) atoms. The van der Waals surface area contributed by atoms with Crippen molar-refractivity contribution in [3.8, 4) is 0 Å². The number of nitrogen functional groups attached to an aromatic ring is 1. The molecule has 0 bridgehead atoms. The fourth-order valence-electron chi connectivity index (χ4n) is 2.07. The molecule has 0 spiro atoms. The lowest BCUT2D eigenvalue weighted by Gasteiger charge is -2.36. The van der Waals surface area contributed by atoms with Crippen molar-refractivity contribution >= 4 is 15.8 Å². The molecule has 0 radical (unpaired) electrons. The van der Waals surface area contributed by atoms with E-state index in [1.807, 2.05) is 0 Å². The minimum atomic E-state index is -3.76. The fraction of sp³-hybridized carbons (Fsp3) is 0.545. The lowest BCUT2D eigenvalue weighted by atomic mass is 10.2. The van der Waals surface area contributed by atoms with E-state index >= 15 is 0 Å². The van der Waals surface area contributed by atoms with Gasteiger partial charge in [0.05, 0.1) is 19.3 Å². The minimum absolute atomic E-state index is 0.00735. The summed E-state index contributed by atoms with van der Waals surface area (Å²) in [6.45, 7) is 1.85. The Morgan fingerprint density at radius 1 is 1.65 bits per heavy atom. The van der Waals surface area contributed by atoms with Crippen molar-refractivity contribution in [2.24, 2.45) is 5.84 Å². The van der Waals surface area contributed by atoms with E-state index < -0.39 is 16.1 Å². The lowest BCUT2D eigenvalue weighted by Crippen LogP contribution is -2.52. The molecule has 0 saturated carbocycles. The highest BCUT2D eigenvalue weighted by Crippen LogP contribution is 2.26. The Morgan fingerprint density at radius 2 is 2.40 bits per heavy atom. The number of pyridine rings is 1. The van der Waals surface area contributed by atoms with E-state index in [4.69, 9.17) is 15.7 Å². The van der Waals surface area contributed by atoms with Crippen molar-refractivity contribution in [1.82, 2.24) is 9.29 Å². The van der Waals surface area contributed by atoms with Crippen molar-refractivity contribution < 1.29 is 18.3 Å². The van der Waals surface area contributed by atoms with E-state index in [0.29, 0.717) is 0 Å². The van der Waals surface area contributed by atoms with Crippen LogP contribution in [0.2, 0.25) is 0 Å². The SMILES string of the molecule is CC1COC(CO)CN1S(=O)(=O)c1cccnc1NN. The monoisotopic (exact) mass is 302 g/mol. The van der Waals surface area contributed by atoms with Crippen LogP contribution in [0.15, 0.2) is 23.2 Å². The van der Waals surface area contributed by atoms with Crippen LogP contribution in [-0.4, -0.2) is 54.7 Å². The van der Waals surface area contributed by atoms with E-state index in [9.17, 15) is 8.42 Å². The smallest absolute Gasteiger partial charge is 0.247 e. The number of nitrogens with two attached hydrogens (primary N) is 1. The predicted molar refractivity (Wildman–Crippen MR) is 72.2 cm³/mol. The van der Waals surface area contributed by atoms with Gasteiger partial charge in [-0.25, -0.2) is 19.2 Å². The van der Waals surface area contributed by atoms with Gasteiger partial charge in [0.1, 0.15) is 4.90 Å². The Morgan fingerprint density at radius 3 is 3.05 bits per heavy atom. The number of anilines is 1. The number of nitrogens with zero attached hydrogens (tertiary/aromatic N) is 2. The van der Waals surface area contributed by atoms with Gasteiger partial charge in [0.25, 0.3) is 0 Å². The molecule has 4 N–H and O–H groups in total. The molecule has 2 heterocycles. The molecule has 1 aliphatic rings. The van der Waals surface area contributed by atoms with Gasteiger partial charge < -0.3 is 15.3 Å². The van der Waals surface area contributed by atoms with E-state index in [1.54, 1.807) is 6.92 Å². The third kappa shape index (κ3) is 2.76. The summed E-state index contributed by atoms with van der Waals surface area (Å²) in [6.07, 6.45) is 0.931. The number of hydrazine groups is 1. The molecule has 0 aromatic carbocycles. The van der Waals surface area contributed by atoms with Crippen molar-refractivity contribution in [1.29, 1.82) is 0 Å². The number of nitrogens with one attached hydrogen (secondary N) is 1. The van der Waals surface area contributed by atoms with Crippen LogP contribution in [0.3, 0.4) is 0 Å². The number of aliphatic hydroxyl groups is 1. The average Bonchev–Trinajstić information content (AvgIpc) is 2.47. The molecule has 9 heteroatoms. The molecular formula is C11H18N4O4S. The number of hydrogen-bond donors (Lipinski definition) is 3. The minimum Gasteiger partial charge on any atom is -0.394 e. The number of sulfonamides is 1. The molecule has 1 aromatic rings. The molecular weight excluding hydrogens is 284 g/mol. The van der Waals surface area contributed by atoms with Gasteiger partial charge in [0.15, 0.2) is 5.82 Å². The first kappa shape index (κ1) is 15.1. The standard InChI is InChI=1S/C11H18N4O4S/c1-8-7-19-9(6-16)5-15(8)20(17,18)10-3-2-4-13-11(10)14-12/h2-4,8-9,16H,5-7,12H2,1H3,(H,13,14). The maximum Gasteiger partial charge on any atom is 0.247 e. The Kier molecular flexibility index (Phi) is 4.55. The van der Waals surface area contributed by atoms with Gasteiger partial charge >= 0.3 is 0 Å². The van der Waals surface area contributed by atoms with Gasteiger partial charge in [-0.05, 0) is 19.1 Å². The molecule has 2 atom stereocenters. The predicted octanol–water partition coefficient (Wildman–Crippen LogP) is -0.862. The molecule has 1 aromatic heterocycles. The molecule has 2 rings (SSSR count). The Balaban J connectivity index is 2.38. The normalized spacial score (nSPS) is 24.6. The summed E-state index contributed by atoms with van der Waals surface area (Å²) in [5.41, 5.74) is 2.28. The summed E-state index contributed by atoms with van der Waals surface area (Å²) in [4.78, 5) is 3.91. The second kappa shape index (κ2) is 6.02. The van der Waals surface area contributed by atoms with Crippen LogP contribution in [0.1, 0.15) is 6.92 Å². The summed E-state index contributed by atoms with van der Waals surface area (Å²) < 4.78 is 32.0. The largest absolute Gasteiger partial charge is 0.394 e. The van der Waals surface area contributed by atoms with E-state index in [-0.39, 0.29) is 36.5 Å². The molecule has 1 aliphatic heterocycles. The van der Waals surface area contributed by atoms with Gasteiger partial charge in [0.2, 0.25) is 10.0 Å². The maximum atomic E-state index is 12.7. The number of aliphatic hydroxyl groups excluding tert-OH is 1. The molecule has 0 aliphatic carbocycles. The number of rotatable bonds is 4. The van der Waals surface area contributed by atoms with Crippen LogP contribution in [0.4, 0.5) is 5.82 Å². The van der Waals surface area contributed by atoms with Crippen LogP contribution < -0.4 is 11.3 Å². The third-order valence-corrected chi connectivity index (χ3v) is 5.16.